The van der Waals surface area contributed by atoms with Crippen LogP contribution in [0.4, 0.5) is 4.79 Å². The Kier molecular flexibility index (Phi) is 5.64. The van der Waals surface area contributed by atoms with Gasteiger partial charge in [-0.3, -0.25) is 4.79 Å². The number of furan rings is 2. The van der Waals surface area contributed by atoms with Crippen LogP contribution in [0.5, 0.6) is 0 Å². The second-order valence-corrected chi connectivity index (χ2v) is 8.65. The summed E-state index contributed by atoms with van der Waals surface area (Å²) in [6.45, 7) is 1.44. The van der Waals surface area contributed by atoms with Crippen molar-refractivity contribution >= 4 is 33.5 Å². The molecule has 0 spiro atoms. The van der Waals surface area contributed by atoms with Crippen molar-refractivity contribution in [2.45, 2.75) is 25.4 Å². The molecule has 3 aromatic heterocycles. The Bertz CT molecular complexity index is 1190. The van der Waals surface area contributed by atoms with E-state index in [4.69, 9.17) is 8.83 Å². The molecule has 1 saturated heterocycles. The monoisotopic (exact) mass is 450 g/mol. The maximum Gasteiger partial charge on any atom is 0.315 e. The number of benzene rings is 1. The number of aromatic nitrogens is 1. The van der Waals surface area contributed by atoms with Crippen LogP contribution in [0.25, 0.3) is 21.0 Å². The normalized spacial score (nSPS) is 14.6. The van der Waals surface area contributed by atoms with Gasteiger partial charge in [0.2, 0.25) is 0 Å². The lowest BCUT2D eigenvalue weighted by Crippen LogP contribution is -2.48. The molecule has 4 aromatic rings. The molecule has 3 amide bonds. The molecule has 1 aromatic carbocycles. The van der Waals surface area contributed by atoms with Gasteiger partial charge in [0.15, 0.2) is 16.5 Å². The summed E-state index contributed by atoms with van der Waals surface area (Å²) in [5.41, 5.74) is 0.944. The van der Waals surface area contributed by atoms with E-state index in [9.17, 15) is 9.59 Å². The van der Waals surface area contributed by atoms with Gasteiger partial charge < -0.3 is 24.4 Å². The molecule has 0 unspecified atom stereocenters. The fourth-order valence-corrected chi connectivity index (χ4v) is 4.68. The van der Waals surface area contributed by atoms with E-state index < -0.39 is 0 Å². The van der Waals surface area contributed by atoms with Crippen molar-refractivity contribution in [1.82, 2.24) is 20.5 Å². The molecule has 0 radical (unpaired) electrons. The van der Waals surface area contributed by atoms with Gasteiger partial charge in [-0.05, 0) is 49.2 Å². The second kappa shape index (κ2) is 8.88. The van der Waals surface area contributed by atoms with Gasteiger partial charge in [0.05, 0.1) is 23.0 Å². The van der Waals surface area contributed by atoms with Crippen LogP contribution >= 0.6 is 11.3 Å². The molecule has 32 heavy (non-hydrogen) atoms. The standard InChI is InChI=1S/C23H22N4O4S/c28-22(19-5-3-13-30-19)27-11-9-15(10-12-27)25-23(29)24-14-16-7-8-18(31-16)21-26-17-4-1-2-6-20(17)32-21/h1-8,13,15H,9-12,14H2,(H2,24,25,29). The van der Waals surface area contributed by atoms with Crippen molar-refractivity contribution in [2.75, 3.05) is 13.1 Å². The number of nitrogens with zero attached hydrogens (tertiary/aromatic N) is 2. The molecule has 0 aliphatic carbocycles. The first kappa shape index (κ1) is 20.3. The Labute approximate surface area is 188 Å². The van der Waals surface area contributed by atoms with E-state index in [1.54, 1.807) is 28.4 Å². The van der Waals surface area contributed by atoms with Crippen LogP contribution in [0.15, 0.2) is 63.6 Å². The number of piperidine rings is 1. The number of amides is 3. The van der Waals surface area contributed by atoms with Crippen molar-refractivity contribution in [2.24, 2.45) is 0 Å². The lowest BCUT2D eigenvalue weighted by molar-refractivity contribution is 0.0676. The summed E-state index contributed by atoms with van der Waals surface area (Å²) in [6, 6.07) is 14.8. The van der Waals surface area contributed by atoms with Crippen LogP contribution in [0.3, 0.4) is 0 Å². The average molecular weight is 451 g/mol. The fraction of sp³-hybridized carbons (Fsp3) is 0.261. The summed E-state index contributed by atoms with van der Waals surface area (Å²) < 4.78 is 12.2. The number of rotatable bonds is 5. The molecular weight excluding hydrogens is 428 g/mol. The molecule has 0 saturated carbocycles. The molecule has 164 valence electrons. The van der Waals surface area contributed by atoms with Crippen LogP contribution in [-0.4, -0.2) is 41.0 Å². The zero-order valence-corrected chi connectivity index (χ0v) is 18.1. The number of carbonyl (C=O) groups excluding carboxylic acids is 2. The van der Waals surface area contributed by atoms with Crippen LogP contribution in [-0.2, 0) is 6.54 Å². The minimum atomic E-state index is -0.251. The number of carbonyl (C=O) groups is 2. The number of thiazole rings is 1. The van der Waals surface area contributed by atoms with E-state index in [1.165, 1.54) is 6.26 Å². The highest BCUT2D eigenvalue weighted by molar-refractivity contribution is 7.21. The fourth-order valence-electron chi connectivity index (χ4n) is 3.75. The molecule has 2 N–H and O–H groups in total. The zero-order valence-electron chi connectivity index (χ0n) is 17.2. The minimum absolute atomic E-state index is 0.0190. The van der Waals surface area contributed by atoms with Gasteiger partial charge in [-0.15, -0.1) is 11.3 Å². The Morgan fingerprint density at radius 3 is 2.72 bits per heavy atom. The first-order valence-electron chi connectivity index (χ1n) is 10.5. The van der Waals surface area contributed by atoms with E-state index in [0.29, 0.717) is 43.2 Å². The molecule has 8 nitrogen and oxygen atoms in total. The molecular formula is C23H22N4O4S. The Balaban J connectivity index is 1.09. The second-order valence-electron chi connectivity index (χ2n) is 7.62. The molecule has 1 aliphatic rings. The summed E-state index contributed by atoms with van der Waals surface area (Å²) in [4.78, 5) is 31.0. The van der Waals surface area contributed by atoms with E-state index in [-0.39, 0.29) is 24.5 Å². The van der Waals surface area contributed by atoms with Crippen molar-refractivity contribution in [3.63, 3.8) is 0 Å². The quantitative estimate of drug-likeness (QED) is 0.473. The molecule has 0 bridgehead atoms. The van der Waals surface area contributed by atoms with Crippen molar-refractivity contribution < 1.29 is 18.4 Å². The van der Waals surface area contributed by atoms with Crippen LogP contribution in [0, 0.1) is 0 Å². The number of nitrogens with one attached hydrogen (secondary N) is 2. The summed E-state index contributed by atoms with van der Waals surface area (Å²) in [5, 5.41) is 6.63. The maximum absolute atomic E-state index is 12.3. The third-order valence-electron chi connectivity index (χ3n) is 5.44. The Hall–Kier alpha value is -3.59. The van der Waals surface area contributed by atoms with Gasteiger partial charge in [0, 0.05) is 19.1 Å². The predicted molar refractivity (Wildman–Crippen MR) is 120 cm³/mol. The molecule has 4 heterocycles. The van der Waals surface area contributed by atoms with Crippen LogP contribution in [0.1, 0.15) is 29.2 Å². The van der Waals surface area contributed by atoms with Crippen LogP contribution < -0.4 is 10.6 Å². The number of hydrogen-bond acceptors (Lipinski definition) is 6. The highest BCUT2D eigenvalue weighted by Crippen LogP contribution is 2.31. The Morgan fingerprint density at radius 2 is 1.94 bits per heavy atom. The lowest BCUT2D eigenvalue weighted by Gasteiger charge is -2.31. The largest absolute Gasteiger partial charge is 0.459 e. The zero-order chi connectivity index (χ0) is 21.9. The maximum atomic E-state index is 12.3. The molecule has 9 heteroatoms. The summed E-state index contributed by atoms with van der Waals surface area (Å²) in [6.07, 6.45) is 2.89. The highest BCUT2D eigenvalue weighted by Gasteiger charge is 2.25. The SMILES string of the molecule is O=C(NCc1ccc(-c2nc3ccccc3s2)o1)NC1CCN(C(=O)c2ccco2)CC1. The smallest absolute Gasteiger partial charge is 0.315 e. The first-order valence-corrected chi connectivity index (χ1v) is 11.3. The average Bonchev–Trinajstić information content (AvgIpc) is 3.58. The van der Waals surface area contributed by atoms with Crippen LogP contribution in [0.2, 0.25) is 0 Å². The van der Waals surface area contributed by atoms with E-state index in [2.05, 4.69) is 15.6 Å². The Morgan fingerprint density at radius 1 is 1.09 bits per heavy atom. The number of likely N-dealkylation sites (tertiary alicyclic amines) is 1. The van der Waals surface area contributed by atoms with Gasteiger partial charge in [-0.2, -0.15) is 0 Å². The summed E-state index contributed by atoms with van der Waals surface area (Å²) in [5.74, 6) is 1.59. The van der Waals surface area contributed by atoms with E-state index >= 15 is 0 Å². The lowest BCUT2D eigenvalue weighted by atomic mass is 10.0. The number of urea groups is 1. The first-order chi connectivity index (χ1) is 15.7. The molecule has 1 fully saturated rings. The van der Waals surface area contributed by atoms with Gasteiger partial charge in [0.25, 0.3) is 5.91 Å². The summed E-state index contributed by atoms with van der Waals surface area (Å²) >= 11 is 1.57. The number of fused-ring (bicyclic) bond motifs is 1. The van der Waals surface area contributed by atoms with Gasteiger partial charge in [-0.1, -0.05) is 12.1 Å². The number of hydrogen-bond donors (Lipinski definition) is 2. The predicted octanol–water partition coefficient (Wildman–Crippen LogP) is 4.25. The number of para-hydroxylation sites is 1. The summed E-state index contributed by atoms with van der Waals surface area (Å²) in [7, 11) is 0. The van der Waals surface area contributed by atoms with Gasteiger partial charge in [-0.25, -0.2) is 9.78 Å². The molecule has 1 aliphatic heterocycles. The third-order valence-corrected chi connectivity index (χ3v) is 6.49. The van der Waals surface area contributed by atoms with E-state index in [1.807, 2.05) is 36.4 Å². The van der Waals surface area contributed by atoms with E-state index in [0.717, 1.165) is 15.2 Å². The molecule has 5 rings (SSSR count). The minimum Gasteiger partial charge on any atom is -0.459 e. The molecule has 0 atom stereocenters. The van der Waals surface area contributed by atoms with Crippen molar-refractivity contribution in [3.05, 3.63) is 66.3 Å². The van der Waals surface area contributed by atoms with Crippen molar-refractivity contribution in [3.8, 4) is 10.8 Å². The topological polar surface area (TPSA) is 101 Å². The third kappa shape index (κ3) is 4.38. The van der Waals surface area contributed by atoms with Gasteiger partial charge >= 0.3 is 6.03 Å². The van der Waals surface area contributed by atoms with Gasteiger partial charge in [0.1, 0.15) is 5.76 Å². The van der Waals surface area contributed by atoms with Crippen molar-refractivity contribution in [1.29, 1.82) is 0 Å². The highest BCUT2D eigenvalue weighted by atomic mass is 32.1.